The fourth-order valence-corrected chi connectivity index (χ4v) is 1.27. The van der Waals surface area contributed by atoms with Crippen LogP contribution in [0.5, 0.6) is 0 Å². The van der Waals surface area contributed by atoms with Gasteiger partial charge in [-0.15, -0.1) is 0 Å². The highest BCUT2D eigenvalue weighted by Gasteiger charge is 2.07. The largest absolute Gasteiger partial charge is 0.330 e. The summed E-state index contributed by atoms with van der Waals surface area (Å²) in [6.45, 7) is 0.460. The molecule has 62 valence electrons. The molecule has 0 saturated carbocycles. The van der Waals surface area contributed by atoms with Gasteiger partial charge in [0.15, 0.2) is 15.8 Å². The molecule has 0 aliphatic rings. The summed E-state index contributed by atoms with van der Waals surface area (Å²) in [5, 5.41) is 0. The predicted molar refractivity (Wildman–Crippen MR) is 38.1 cm³/mol. The number of nitrogens with two attached hydrogens (primary N) is 1. The van der Waals surface area contributed by atoms with Crippen LogP contribution in [0.25, 0.3) is 0 Å². The Morgan fingerprint density at radius 1 is 1.30 bits per heavy atom. The lowest BCUT2D eigenvalue weighted by Crippen LogP contribution is -2.09. The molecule has 0 aromatic heterocycles. The van der Waals surface area contributed by atoms with Crippen molar-refractivity contribution < 1.29 is 12.8 Å². The van der Waals surface area contributed by atoms with Gasteiger partial charge in [-0.1, -0.05) is 0 Å². The first kappa shape index (κ1) is 9.84. The monoisotopic (exact) mass is 169 g/mol. The molecule has 0 atom stereocenters. The van der Waals surface area contributed by atoms with Gasteiger partial charge in [0.1, 0.15) is 0 Å². The molecule has 0 aromatic carbocycles. The number of hydrogen-bond acceptors (Lipinski definition) is 3. The molecule has 0 fully saturated rings. The first-order valence-electron chi connectivity index (χ1n) is 3.09. The van der Waals surface area contributed by atoms with Crippen molar-refractivity contribution in [2.75, 3.05) is 18.3 Å². The number of rotatable bonds is 5. The molecule has 0 spiro atoms. The van der Waals surface area contributed by atoms with Gasteiger partial charge >= 0.3 is 0 Å². The Balaban J connectivity index is 3.49. The smallest absolute Gasteiger partial charge is 0.190 e. The minimum absolute atomic E-state index is 0.0826. The highest BCUT2D eigenvalue weighted by Crippen LogP contribution is 1.96. The number of unbranched alkanes of at least 4 members (excludes halogenated alkanes) is 1. The summed E-state index contributed by atoms with van der Waals surface area (Å²) in [5.41, 5.74) is 5.11. The Bertz CT molecular complexity index is 166. The van der Waals surface area contributed by atoms with Crippen LogP contribution in [0, 0.1) is 0 Å². The molecule has 0 saturated heterocycles. The van der Waals surface area contributed by atoms with Crippen molar-refractivity contribution in [1.29, 1.82) is 0 Å². The standard InChI is InChI=1S/C5H12FNO2S/c6-5-10(8,9)4-2-1-3-7/h1-5,7H2. The first-order chi connectivity index (χ1) is 4.62. The highest BCUT2D eigenvalue weighted by molar-refractivity contribution is 7.91. The predicted octanol–water partition coefficient (Wildman–Crippen LogP) is 0.0671. The fourth-order valence-electron chi connectivity index (χ4n) is 0.521. The maximum absolute atomic E-state index is 11.6. The van der Waals surface area contributed by atoms with E-state index in [0.717, 1.165) is 0 Å². The van der Waals surface area contributed by atoms with Crippen molar-refractivity contribution in [3.05, 3.63) is 0 Å². The Kier molecular flexibility index (Phi) is 4.55. The van der Waals surface area contributed by atoms with Gasteiger partial charge in [-0.05, 0) is 19.4 Å². The lowest BCUT2D eigenvalue weighted by molar-refractivity contribution is 0.532. The van der Waals surface area contributed by atoms with Crippen molar-refractivity contribution in [1.82, 2.24) is 0 Å². The molecule has 10 heavy (non-hydrogen) atoms. The number of halogens is 1. The fraction of sp³-hybridized carbons (Fsp3) is 1.00. The second kappa shape index (κ2) is 4.62. The Labute approximate surface area is 60.3 Å². The van der Waals surface area contributed by atoms with E-state index in [9.17, 15) is 12.8 Å². The number of hydrogen-bond donors (Lipinski definition) is 1. The van der Waals surface area contributed by atoms with Gasteiger partial charge in [-0.2, -0.15) is 0 Å². The van der Waals surface area contributed by atoms with Crippen LogP contribution in [0.3, 0.4) is 0 Å². The maximum Gasteiger partial charge on any atom is 0.190 e. The third-order valence-electron chi connectivity index (χ3n) is 1.08. The van der Waals surface area contributed by atoms with Crippen molar-refractivity contribution in [3.63, 3.8) is 0 Å². The van der Waals surface area contributed by atoms with E-state index in [2.05, 4.69) is 0 Å². The zero-order valence-corrected chi connectivity index (χ0v) is 6.53. The topological polar surface area (TPSA) is 60.2 Å². The molecule has 0 bridgehead atoms. The van der Waals surface area contributed by atoms with Gasteiger partial charge < -0.3 is 5.73 Å². The molecule has 0 heterocycles. The van der Waals surface area contributed by atoms with E-state index < -0.39 is 15.8 Å². The van der Waals surface area contributed by atoms with E-state index in [1.54, 1.807) is 0 Å². The van der Waals surface area contributed by atoms with Gasteiger partial charge in [-0.25, -0.2) is 12.8 Å². The quantitative estimate of drug-likeness (QED) is 0.592. The second-order valence-corrected chi connectivity index (χ2v) is 4.17. The zero-order valence-electron chi connectivity index (χ0n) is 5.72. The Hall–Kier alpha value is -0.160. The van der Waals surface area contributed by atoms with Crippen molar-refractivity contribution in [3.8, 4) is 0 Å². The Morgan fingerprint density at radius 3 is 2.30 bits per heavy atom. The summed E-state index contributed by atoms with van der Waals surface area (Å²) < 4.78 is 32.5. The zero-order chi connectivity index (χ0) is 8.04. The molecule has 0 rings (SSSR count). The molecule has 0 radical (unpaired) electrons. The minimum Gasteiger partial charge on any atom is -0.330 e. The van der Waals surface area contributed by atoms with E-state index in [4.69, 9.17) is 5.73 Å². The van der Waals surface area contributed by atoms with Crippen LogP contribution >= 0.6 is 0 Å². The molecular formula is C5H12FNO2S. The lowest BCUT2D eigenvalue weighted by atomic mass is 10.3. The van der Waals surface area contributed by atoms with Gasteiger partial charge in [-0.3, -0.25) is 0 Å². The van der Waals surface area contributed by atoms with E-state index in [1.807, 2.05) is 0 Å². The summed E-state index contributed by atoms with van der Waals surface area (Å²) in [6.07, 6.45) is 1.10. The molecule has 0 amide bonds. The van der Waals surface area contributed by atoms with Crippen molar-refractivity contribution in [2.24, 2.45) is 5.73 Å². The molecule has 0 aromatic rings. The molecular weight excluding hydrogens is 157 g/mol. The summed E-state index contributed by atoms with van der Waals surface area (Å²) >= 11 is 0. The van der Waals surface area contributed by atoms with Gasteiger partial charge in [0.2, 0.25) is 0 Å². The van der Waals surface area contributed by atoms with Gasteiger partial charge in [0, 0.05) is 0 Å². The third kappa shape index (κ3) is 4.69. The van der Waals surface area contributed by atoms with Crippen LogP contribution < -0.4 is 5.73 Å². The lowest BCUT2D eigenvalue weighted by Gasteiger charge is -1.96. The Morgan fingerprint density at radius 2 is 1.90 bits per heavy atom. The van der Waals surface area contributed by atoms with Crippen LogP contribution in [-0.2, 0) is 9.84 Å². The summed E-state index contributed by atoms with van der Waals surface area (Å²) in [5.74, 6) is -0.0826. The van der Waals surface area contributed by atoms with Gasteiger partial charge in [0.05, 0.1) is 5.75 Å². The van der Waals surface area contributed by atoms with Crippen LogP contribution in [-0.4, -0.2) is 26.7 Å². The average molecular weight is 169 g/mol. The maximum atomic E-state index is 11.6. The summed E-state index contributed by atoms with van der Waals surface area (Å²) in [4.78, 5) is 0. The van der Waals surface area contributed by atoms with Gasteiger partial charge in [0.25, 0.3) is 0 Å². The molecule has 0 unspecified atom stereocenters. The van der Waals surface area contributed by atoms with E-state index in [0.29, 0.717) is 19.4 Å². The normalized spacial score (nSPS) is 11.8. The van der Waals surface area contributed by atoms with E-state index >= 15 is 0 Å². The second-order valence-electron chi connectivity index (χ2n) is 2.05. The minimum atomic E-state index is -3.41. The molecule has 0 aliphatic carbocycles. The molecule has 5 heteroatoms. The molecule has 3 nitrogen and oxygen atoms in total. The van der Waals surface area contributed by atoms with Crippen LogP contribution in [0.4, 0.5) is 4.39 Å². The van der Waals surface area contributed by atoms with E-state index in [1.165, 1.54) is 0 Å². The molecule has 2 N–H and O–H groups in total. The van der Waals surface area contributed by atoms with Crippen LogP contribution in [0.1, 0.15) is 12.8 Å². The van der Waals surface area contributed by atoms with E-state index in [-0.39, 0.29) is 5.75 Å². The van der Waals surface area contributed by atoms with Crippen molar-refractivity contribution in [2.45, 2.75) is 12.8 Å². The summed E-state index contributed by atoms with van der Waals surface area (Å²) in [6, 6.07) is -1.25. The summed E-state index contributed by atoms with van der Waals surface area (Å²) in [7, 11) is -3.41. The van der Waals surface area contributed by atoms with Crippen LogP contribution in [0.2, 0.25) is 0 Å². The van der Waals surface area contributed by atoms with Crippen LogP contribution in [0.15, 0.2) is 0 Å². The first-order valence-corrected chi connectivity index (χ1v) is 4.91. The van der Waals surface area contributed by atoms with Crippen molar-refractivity contribution >= 4 is 9.84 Å². The average Bonchev–Trinajstić information content (AvgIpc) is 1.89. The molecule has 0 aliphatic heterocycles. The number of sulfone groups is 1. The SMILES string of the molecule is NCCCCS(=O)(=O)CF. The third-order valence-corrected chi connectivity index (χ3v) is 2.32. The number of alkyl halides is 1. The highest BCUT2D eigenvalue weighted by atomic mass is 32.2.